The van der Waals surface area contributed by atoms with Crippen molar-refractivity contribution in [1.82, 2.24) is 15.2 Å². The second-order valence-electron chi connectivity index (χ2n) is 3.48. The van der Waals surface area contributed by atoms with E-state index in [0.29, 0.717) is 6.54 Å². The number of hydrogen-bond acceptors (Lipinski definition) is 4. The molecule has 1 saturated heterocycles. The van der Waals surface area contributed by atoms with Crippen molar-refractivity contribution in [3.05, 3.63) is 16.6 Å². The Bertz CT molecular complexity index is 308. The van der Waals surface area contributed by atoms with Crippen LogP contribution in [0.5, 0.6) is 0 Å². The molecule has 2 rings (SSSR count). The fraction of sp³-hybridized carbons (Fsp3) is 0.556. The van der Waals surface area contributed by atoms with Gasteiger partial charge in [0.25, 0.3) is 0 Å². The first-order chi connectivity index (χ1) is 6.77. The van der Waals surface area contributed by atoms with E-state index in [1.54, 1.807) is 22.4 Å². The van der Waals surface area contributed by atoms with Gasteiger partial charge in [-0.3, -0.25) is 4.79 Å². The Hall–Kier alpha value is -0.940. The lowest BCUT2D eigenvalue weighted by molar-refractivity contribution is -0.136. The number of rotatable bonds is 3. The molecule has 76 valence electrons. The van der Waals surface area contributed by atoms with Gasteiger partial charge in [0.1, 0.15) is 5.01 Å². The minimum Gasteiger partial charge on any atom is -0.339 e. The van der Waals surface area contributed by atoms with Crippen LogP contribution in [0, 0.1) is 5.92 Å². The van der Waals surface area contributed by atoms with E-state index in [0.717, 1.165) is 18.1 Å². The van der Waals surface area contributed by atoms with Crippen LogP contribution in [0.1, 0.15) is 5.01 Å². The van der Waals surface area contributed by atoms with E-state index in [9.17, 15) is 4.79 Å². The molecule has 1 aromatic heterocycles. The summed E-state index contributed by atoms with van der Waals surface area (Å²) in [5, 5.41) is 6.02. The third-order valence-electron chi connectivity index (χ3n) is 2.36. The first kappa shape index (κ1) is 9.61. The molecule has 1 aliphatic rings. The lowest BCUT2D eigenvalue weighted by Crippen LogP contribution is -2.50. The first-order valence-electron chi connectivity index (χ1n) is 4.61. The lowest BCUT2D eigenvalue weighted by Gasteiger charge is -2.29. The molecule has 1 amide bonds. The Labute approximate surface area is 86.9 Å². The molecule has 14 heavy (non-hydrogen) atoms. The van der Waals surface area contributed by atoms with E-state index in [4.69, 9.17) is 0 Å². The highest BCUT2D eigenvalue weighted by Crippen LogP contribution is 2.11. The smallest absolute Gasteiger partial charge is 0.228 e. The molecule has 0 aliphatic carbocycles. The van der Waals surface area contributed by atoms with Crippen molar-refractivity contribution in [2.24, 2.45) is 5.92 Å². The third kappa shape index (κ3) is 1.93. The second kappa shape index (κ2) is 4.06. The predicted molar refractivity (Wildman–Crippen MR) is 54.9 cm³/mol. The van der Waals surface area contributed by atoms with Crippen LogP contribution in [-0.4, -0.2) is 35.9 Å². The Kier molecular flexibility index (Phi) is 2.79. The molecule has 4 nitrogen and oxygen atoms in total. The van der Waals surface area contributed by atoms with Gasteiger partial charge in [0.15, 0.2) is 0 Å². The van der Waals surface area contributed by atoms with Crippen molar-refractivity contribution in [1.29, 1.82) is 0 Å². The highest BCUT2D eigenvalue weighted by molar-refractivity contribution is 7.09. The Morgan fingerprint density at radius 1 is 1.79 bits per heavy atom. The maximum Gasteiger partial charge on any atom is 0.228 e. The molecule has 0 radical (unpaired) electrons. The van der Waals surface area contributed by atoms with Gasteiger partial charge in [-0.05, 0) is 0 Å². The Morgan fingerprint density at radius 2 is 2.57 bits per heavy atom. The minimum absolute atomic E-state index is 0.181. The fourth-order valence-electron chi connectivity index (χ4n) is 1.39. The van der Waals surface area contributed by atoms with Crippen molar-refractivity contribution in [3.63, 3.8) is 0 Å². The molecule has 0 atom stereocenters. The van der Waals surface area contributed by atoms with Crippen LogP contribution in [-0.2, 0) is 11.3 Å². The van der Waals surface area contributed by atoms with E-state index < -0.39 is 0 Å². The molecule has 0 aromatic carbocycles. The number of thiazole rings is 1. The van der Waals surface area contributed by atoms with Gasteiger partial charge in [0.2, 0.25) is 5.91 Å². The monoisotopic (exact) mass is 211 g/mol. The van der Waals surface area contributed by atoms with Gasteiger partial charge in [-0.2, -0.15) is 0 Å². The molecular weight excluding hydrogens is 198 g/mol. The molecule has 0 unspecified atom stereocenters. The summed E-state index contributed by atoms with van der Waals surface area (Å²) in [4.78, 5) is 17.6. The predicted octanol–water partition coefficient (Wildman–Crippen LogP) is 0.321. The number of nitrogens with one attached hydrogen (secondary N) is 1. The maximum atomic E-state index is 11.7. The number of carbonyl (C=O) groups excluding carboxylic acids is 1. The molecule has 1 fully saturated rings. The summed E-state index contributed by atoms with van der Waals surface area (Å²) >= 11 is 1.59. The topological polar surface area (TPSA) is 45.2 Å². The molecule has 1 N–H and O–H groups in total. The molecule has 1 aromatic rings. The van der Waals surface area contributed by atoms with Crippen molar-refractivity contribution < 1.29 is 4.79 Å². The van der Waals surface area contributed by atoms with Crippen molar-refractivity contribution in [2.45, 2.75) is 6.54 Å². The van der Waals surface area contributed by atoms with Crippen LogP contribution in [0.4, 0.5) is 0 Å². The molecular formula is C9H13N3OS. The van der Waals surface area contributed by atoms with E-state index >= 15 is 0 Å². The standard InChI is InChI=1S/C9H13N3OS/c1-12(6-8-11-2-3-14-8)9(13)7-4-10-5-7/h2-3,7,10H,4-6H2,1H3. The van der Waals surface area contributed by atoms with E-state index in [1.807, 2.05) is 12.4 Å². The zero-order valence-corrected chi connectivity index (χ0v) is 8.88. The van der Waals surface area contributed by atoms with Crippen molar-refractivity contribution >= 4 is 17.2 Å². The van der Waals surface area contributed by atoms with Crippen molar-refractivity contribution in [3.8, 4) is 0 Å². The maximum absolute atomic E-state index is 11.7. The molecule has 0 saturated carbocycles. The quantitative estimate of drug-likeness (QED) is 0.783. The minimum atomic E-state index is 0.181. The summed E-state index contributed by atoms with van der Waals surface area (Å²) in [6.45, 7) is 2.27. The summed E-state index contributed by atoms with van der Waals surface area (Å²) in [6.07, 6.45) is 1.77. The Morgan fingerprint density at radius 3 is 3.07 bits per heavy atom. The van der Waals surface area contributed by atoms with Gasteiger partial charge in [0, 0.05) is 31.7 Å². The number of aromatic nitrogens is 1. The van der Waals surface area contributed by atoms with Crippen LogP contribution >= 0.6 is 11.3 Å². The largest absolute Gasteiger partial charge is 0.339 e. The highest BCUT2D eigenvalue weighted by Gasteiger charge is 2.27. The second-order valence-corrected chi connectivity index (χ2v) is 4.45. The molecule has 5 heteroatoms. The summed E-state index contributed by atoms with van der Waals surface area (Å²) in [5.41, 5.74) is 0. The molecule has 1 aliphatic heterocycles. The lowest BCUT2D eigenvalue weighted by atomic mass is 10.0. The molecule has 0 spiro atoms. The SMILES string of the molecule is CN(Cc1nccs1)C(=O)C1CNC1. The van der Waals surface area contributed by atoms with Gasteiger partial charge < -0.3 is 10.2 Å². The first-order valence-corrected chi connectivity index (χ1v) is 5.49. The van der Waals surface area contributed by atoms with E-state index in [2.05, 4.69) is 10.3 Å². The summed E-state index contributed by atoms with van der Waals surface area (Å²) in [7, 11) is 1.84. The van der Waals surface area contributed by atoms with Crippen LogP contribution in [0.3, 0.4) is 0 Å². The number of nitrogens with zero attached hydrogens (tertiary/aromatic N) is 2. The van der Waals surface area contributed by atoms with E-state index in [-0.39, 0.29) is 11.8 Å². The zero-order chi connectivity index (χ0) is 9.97. The van der Waals surface area contributed by atoms with E-state index in [1.165, 1.54) is 0 Å². The number of carbonyl (C=O) groups is 1. The average molecular weight is 211 g/mol. The zero-order valence-electron chi connectivity index (χ0n) is 8.06. The number of amides is 1. The van der Waals surface area contributed by atoms with Gasteiger partial charge in [-0.25, -0.2) is 4.98 Å². The number of hydrogen-bond donors (Lipinski definition) is 1. The Balaban J connectivity index is 1.88. The normalized spacial score (nSPS) is 16.4. The third-order valence-corrected chi connectivity index (χ3v) is 3.13. The molecule has 2 heterocycles. The van der Waals surface area contributed by atoms with Crippen LogP contribution in [0.25, 0.3) is 0 Å². The van der Waals surface area contributed by atoms with Crippen LogP contribution < -0.4 is 5.32 Å². The van der Waals surface area contributed by atoms with Gasteiger partial charge >= 0.3 is 0 Å². The van der Waals surface area contributed by atoms with Crippen LogP contribution in [0.2, 0.25) is 0 Å². The average Bonchev–Trinajstić information content (AvgIpc) is 2.53. The molecule has 0 bridgehead atoms. The van der Waals surface area contributed by atoms with Crippen LogP contribution in [0.15, 0.2) is 11.6 Å². The van der Waals surface area contributed by atoms with Gasteiger partial charge in [0.05, 0.1) is 12.5 Å². The summed E-state index contributed by atoms with van der Waals surface area (Å²) in [6, 6.07) is 0. The summed E-state index contributed by atoms with van der Waals surface area (Å²) in [5.74, 6) is 0.402. The van der Waals surface area contributed by atoms with Gasteiger partial charge in [-0.15, -0.1) is 11.3 Å². The van der Waals surface area contributed by atoms with Gasteiger partial charge in [-0.1, -0.05) is 0 Å². The summed E-state index contributed by atoms with van der Waals surface area (Å²) < 4.78 is 0. The van der Waals surface area contributed by atoms with Crippen molar-refractivity contribution in [2.75, 3.05) is 20.1 Å². The fourth-order valence-corrected chi connectivity index (χ4v) is 2.06. The highest BCUT2D eigenvalue weighted by atomic mass is 32.1.